The van der Waals surface area contributed by atoms with Crippen molar-refractivity contribution in [2.75, 3.05) is 26.7 Å². The summed E-state index contributed by atoms with van der Waals surface area (Å²) in [7, 11) is -1.78. The molecule has 0 aliphatic carbocycles. The van der Waals surface area contributed by atoms with Crippen molar-refractivity contribution in [3.63, 3.8) is 0 Å². The molecule has 0 atom stereocenters. The highest BCUT2D eigenvalue weighted by Crippen LogP contribution is 2.25. The van der Waals surface area contributed by atoms with Gasteiger partial charge in [-0.25, -0.2) is 13.1 Å². The number of carbonyl (C=O) groups excluding carboxylic acids is 1. The summed E-state index contributed by atoms with van der Waals surface area (Å²) in [5.41, 5.74) is 0. The average molecular weight is 370 g/mol. The molecule has 0 fully saturated rings. The van der Waals surface area contributed by atoms with Crippen LogP contribution in [0.3, 0.4) is 0 Å². The quantitative estimate of drug-likeness (QED) is 0.582. The summed E-state index contributed by atoms with van der Waals surface area (Å²) in [6.45, 7) is 1.07. The fourth-order valence-electron chi connectivity index (χ4n) is 1.23. The first-order valence-corrected chi connectivity index (χ1v) is 8.71. The second-order valence-electron chi connectivity index (χ2n) is 3.69. The lowest BCUT2D eigenvalue weighted by Crippen LogP contribution is -2.37. The lowest BCUT2D eigenvalue weighted by molar-refractivity contribution is -0.119. The molecule has 19 heavy (non-hydrogen) atoms. The van der Waals surface area contributed by atoms with Gasteiger partial charge in [0.05, 0.1) is 10.3 Å². The summed E-state index contributed by atoms with van der Waals surface area (Å²) in [4.78, 5) is 11.4. The Morgan fingerprint density at radius 1 is 1.37 bits per heavy atom. The first-order chi connectivity index (χ1) is 8.95. The Labute approximate surface area is 125 Å². The first-order valence-electron chi connectivity index (χ1n) is 5.62. The van der Waals surface area contributed by atoms with Gasteiger partial charge in [-0.3, -0.25) is 4.79 Å². The van der Waals surface area contributed by atoms with E-state index in [2.05, 4.69) is 31.3 Å². The summed E-state index contributed by atoms with van der Waals surface area (Å²) in [5, 5.41) is 5.59. The van der Waals surface area contributed by atoms with Crippen LogP contribution in [-0.4, -0.2) is 41.0 Å². The van der Waals surface area contributed by atoms with E-state index in [1.54, 1.807) is 6.07 Å². The maximum absolute atomic E-state index is 11.8. The second-order valence-corrected chi connectivity index (χ2v) is 8.15. The number of amides is 1. The fraction of sp³-hybridized carbons (Fsp3) is 0.500. The summed E-state index contributed by atoms with van der Waals surface area (Å²) in [5.74, 6) is -0.338. The predicted molar refractivity (Wildman–Crippen MR) is 78.8 cm³/mol. The molecule has 1 rings (SSSR count). The maximum Gasteiger partial charge on any atom is 0.250 e. The number of sulfonamides is 1. The number of hydrogen-bond acceptors (Lipinski definition) is 5. The normalized spacial score (nSPS) is 11.5. The molecule has 3 N–H and O–H groups in total. The van der Waals surface area contributed by atoms with Crippen molar-refractivity contribution in [1.29, 1.82) is 0 Å². The molecular formula is C10H16BrN3O3S2. The van der Waals surface area contributed by atoms with Gasteiger partial charge in [-0.2, -0.15) is 0 Å². The molecule has 1 aromatic rings. The molecule has 1 amide bonds. The standard InChI is InChI=1S/C10H16BrN3O3S2/c1-12-5-2-6-13-9(15)7-14-19(16,17)10-4-3-8(11)18-10/h3-4,12,14H,2,5-7H2,1H3,(H,13,15). The van der Waals surface area contributed by atoms with Gasteiger partial charge in [-0.15, -0.1) is 11.3 Å². The zero-order valence-corrected chi connectivity index (χ0v) is 13.6. The number of rotatable bonds is 8. The average Bonchev–Trinajstić information content (AvgIpc) is 2.80. The molecule has 9 heteroatoms. The molecule has 6 nitrogen and oxygen atoms in total. The van der Waals surface area contributed by atoms with E-state index in [-0.39, 0.29) is 16.7 Å². The highest BCUT2D eigenvalue weighted by Gasteiger charge is 2.17. The summed E-state index contributed by atoms with van der Waals surface area (Å²) < 4.78 is 26.8. The molecule has 0 unspecified atom stereocenters. The minimum Gasteiger partial charge on any atom is -0.355 e. The molecule has 0 bridgehead atoms. The third kappa shape index (κ3) is 6.00. The topological polar surface area (TPSA) is 87.3 Å². The van der Waals surface area contributed by atoms with Crippen LogP contribution in [0.2, 0.25) is 0 Å². The Morgan fingerprint density at radius 2 is 2.11 bits per heavy atom. The van der Waals surface area contributed by atoms with Crippen molar-refractivity contribution in [3.8, 4) is 0 Å². The summed E-state index contributed by atoms with van der Waals surface area (Å²) in [6, 6.07) is 3.14. The molecule has 0 saturated heterocycles. The molecule has 0 aliphatic rings. The third-order valence-corrected chi connectivity index (χ3v) is 5.68. The van der Waals surface area contributed by atoms with Gasteiger partial charge in [0.15, 0.2) is 0 Å². The number of hydrogen-bond donors (Lipinski definition) is 3. The molecule has 0 radical (unpaired) electrons. The number of nitrogens with one attached hydrogen (secondary N) is 3. The van der Waals surface area contributed by atoms with E-state index in [1.807, 2.05) is 7.05 Å². The van der Waals surface area contributed by atoms with E-state index in [1.165, 1.54) is 6.07 Å². The summed E-state index contributed by atoms with van der Waals surface area (Å²) >= 11 is 4.29. The van der Waals surface area contributed by atoms with Gasteiger partial charge in [0.2, 0.25) is 5.91 Å². The molecule has 1 heterocycles. The van der Waals surface area contributed by atoms with E-state index in [9.17, 15) is 13.2 Å². The Kier molecular flexibility index (Phi) is 6.94. The van der Waals surface area contributed by atoms with Crippen LogP contribution in [0.5, 0.6) is 0 Å². The monoisotopic (exact) mass is 369 g/mol. The number of carbonyl (C=O) groups is 1. The minimum absolute atomic E-state index is 0.183. The van der Waals surface area contributed by atoms with Crippen LogP contribution in [-0.2, 0) is 14.8 Å². The van der Waals surface area contributed by atoms with Crippen molar-refractivity contribution < 1.29 is 13.2 Å². The van der Waals surface area contributed by atoms with Gasteiger partial charge in [-0.1, -0.05) is 0 Å². The Bertz CT molecular complexity index is 516. The molecule has 108 valence electrons. The van der Waals surface area contributed by atoms with E-state index >= 15 is 0 Å². The van der Waals surface area contributed by atoms with E-state index < -0.39 is 10.0 Å². The smallest absolute Gasteiger partial charge is 0.250 e. The van der Waals surface area contributed by atoms with E-state index in [0.29, 0.717) is 6.54 Å². The van der Waals surface area contributed by atoms with Crippen LogP contribution in [0, 0.1) is 0 Å². The lowest BCUT2D eigenvalue weighted by Gasteiger charge is -2.06. The van der Waals surface area contributed by atoms with Gasteiger partial charge in [0, 0.05) is 6.54 Å². The first kappa shape index (κ1) is 16.6. The maximum atomic E-state index is 11.8. The van der Waals surface area contributed by atoms with Crippen LogP contribution < -0.4 is 15.4 Å². The van der Waals surface area contributed by atoms with Crippen molar-refractivity contribution in [1.82, 2.24) is 15.4 Å². The largest absolute Gasteiger partial charge is 0.355 e. The molecule has 0 spiro atoms. The van der Waals surface area contributed by atoms with Crippen LogP contribution in [0.25, 0.3) is 0 Å². The zero-order chi connectivity index (χ0) is 14.3. The molecule has 0 aromatic carbocycles. The molecule has 0 saturated carbocycles. The SMILES string of the molecule is CNCCCNC(=O)CNS(=O)(=O)c1ccc(Br)s1. The van der Waals surface area contributed by atoms with Crippen LogP contribution in [0.4, 0.5) is 0 Å². The van der Waals surface area contributed by atoms with Crippen molar-refractivity contribution >= 4 is 43.2 Å². The van der Waals surface area contributed by atoms with Crippen LogP contribution in [0.1, 0.15) is 6.42 Å². The molecular weight excluding hydrogens is 354 g/mol. The summed E-state index contributed by atoms with van der Waals surface area (Å²) in [6.07, 6.45) is 0.798. The predicted octanol–water partition coefficient (Wildman–Crippen LogP) is 0.515. The van der Waals surface area contributed by atoms with Gasteiger partial charge < -0.3 is 10.6 Å². The van der Waals surface area contributed by atoms with Crippen molar-refractivity contribution in [2.24, 2.45) is 0 Å². The van der Waals surface area contributed by atoms with Gasteiger partial charge in [0.1, 0.15) is 4.21 Å². The van der Waals surface area contributed by atoms with Crippen molar-refractivity contribution in [2.45, 2.75) is 10.6 Å². The fourth-order valence-corrected chi connectivity index (χ4v) is 4.27. The van der Waals surface area contributed by atoms with Crippen molar-refractivity contribution in [3.05, 3.63) is 15.9 Å². The number of halogens is 1. The number of thiophene rings is 1. The van der Waals surface area contributed by atoms with Gasteiger partial charge >= 0.3 is 0 Å². The Balaban J connectivity index is 2.37. The third-order valence-electron chi connectivity index (χ3n) is 2.16. The minimum atomic E-state index is -3.60. The van der Waals surface area contributed by atoms with E-state index in [0.717, 1.165) is 28.1 Å². The zero-order valence-electron chi connectivity index (χ0n) is 10.4. The van der Waals surface area contributed by atoms with E-state index in [4.69, 9.17) is 0 Å². The van der Waals surface area contributed by atoms with Crippen LogP contribution >= 0.6 is 27.3 Å². The second kappa shape index (κ2) is 7.95. The Hall–Kier alpha value is -0.480. The highest BCUT2D eigenvalue weighted by atomic mass is 79.9. The van der Waals surface area contributed by atoms with Gasteiger partial charge in [-0.05, 0) is 48.1 Å². The van der Waals surface area contributed by atoms with Gasteiger partial charge in [0.25, 0.3) is 10.0 Å². The van der Waals surface area contributed by atoms with Crippen LogP contribution in [0.15, 0.2) is 20.1 Å². The molecule has 1 aromatic heterocycles. The molecule has 0 aliphatic heterocycles. The Morgan fingerprint density at radius 3 is 2.68 bits per heavy atom. The lowest BCUT2D eigenvalue weighted by atomic mass is 10.4. The highest BCUT2D eigenvalue weighted by molar-refractivity contribution is 9.11.